The lowest BCUT2D eigenvalue weighted by Gasteiger charge is -2.04. The number of aliphatic hydroxyl groups excluding tert-OH is 1. The van der Waals surface area contributed by atoms with Gasteiger partial charge < -0.3 is 15.7 Å². The van der Waals surface area contributed by atoms with Gasteiger partial charge in [-0.15, -0.1) is 0 Å². The van der Waals surface area contributed by atoms with E-state index in [9.17, 15) is 0 Å². The lowest BCUT2D eigenvalue weighted by molar-refractivity contribution is 0.292. The van der Waals surface area contributed by atoms with Crippen molar-refractivity contribution < 1.29 is 5.11 Å². The number of rotatable bonds is 8. The van der Waals surface area contributed by atoms with Gasteiger partial charge in [0, 0.05) is 19.3 Å². The smallest absolute Gasteiger partial charge is 0.0555 e. The van der Waals surface area contributed by atoms with Crippen molar-refractivity contribution in [3.8, 4) is 0 Å². The van der Waals surface area contributed by atoms with Crippen molar-refractivity contribution in [3.05, 3.63) is 30.1 Å². The normalized spacial score (nSPS) is 10.5. The molecule has 0 aliphatic carbocycles. The lowest BCUT2D eigenvalue weighted by atomic mass is 10.3. The Hall–Kier alpha value is -0.970. The second kappa shape index (κ2) is 8.35. The molecule has 0 spiro atoms. The van der Waals surface area contributed by atoms with Crippen LogP contribution in [0.15, 0.2) is 24.4 Å². The van der Waals surface area contributed by atoms with Crippen LogP contribution in [0.3, 0.4) is 0 Å². The molecule has 1 rings (SSSR count). The van der Waals surface area contributed by atoms with Gasteiger partial charge in [-0.3, -0.25) is 4.98 Å². The van der Waals surface area contributed by atoms with E-state index < -0.39 is 0 Å². The molecule has 0 atom stereocenters. The summed E-state index contributed by atoms with van der Waals surface area (Å²) in [7, 11) is 0. The Kier molecular flexibility index (Phi) is 6.73. The zero-order valence-corrected chi connectivity index (χ0v) is 8.95. The highest BCUT2D eigenvalue weighted by Crippen LogP contribution is 1.91. The van der Waals surface area contributed by atoms with E-state index in [2.05, 4.69) is 15.6 Å². The number of nitrogens with one attached hydrogen (secondary N) is 2. The van der Waals surface area contributed by atoms with Gasteiger partial charge in [0.05, 0.1) is 12.3 Å². The quantitative estimate of drug-likeness (QED) is 0.533. The van der Waals surface area contributed by atoms with Gasteiger partial charge in [0.15, 0.2) is 0 Å². The number of aliphatic hydroxyl groups is 1. The minimum absolute atomic E-state index is 0.210. The van der Waals surface area contributed by atoms with Crippen LogP contribution in [0.1, 0.15) is 12.1 Å². The summed E-state index contributed by atoms with van der Waals surface area (Å²) in [6.07, 6.45) is 2.87. The summed E-state index contributed by atoms with van der Waals surface area (Å²) in [4.78, 5) is 4.21. The van der Waals surface area contributed by atoms with Crippen LogP contribution >= 0.6 is 0 Å². The Balaban J connectivity index is 1.93. The molecular formula is C11H19N3O. The predicted octanol–water partition coefficient (Wildman–Crippen LogP) is 0.143. The Morgan fingerprint density at radius 1 is 1.13 bits per heavy atom. The van der Waals surface area contributed by atoms with E-state index in [-0.39, 0.29) is 6.61 Å². The van der Waals surface area contributed by atoms with Crippen LogP contribution in [0.5, 0.6) is 0 Å². The molecule has 4 heteroatoms. The summed E-state index contributed by atoms with van der Waals surface area (Å²) in [5, 5.41) is 15.0. The topological polar surface area (TPSA) is 57.2 Å². The molecule has 0 unspecified atom stereocenters. The molecule has 0 amide bonds. The number of pyridine rings is 1. The third-order valence-electron chi connectivity index (χ3n) is 2.03. The third-order valence-corrected chi connectivity index (χ3v) is 2.03. The van der Waals surface area contributed by atoms with Crippen molar-refractivity contribution in [1.82, 2.24) is 15.6 Å². The van der Waals surface area contributed by atoms with E-state index in [1.54, 1.807) is 6.20 Å². The van der Waals surface area contributed by atoms with Crippen molar-refractivity contribution >= 4 is 0 Å². The van der Waals surface area contributed by atoms with Crippen LogP contribution in [0.25, 0.3) is 0 Å². The van der Waals surface area contributed by atoms with E-state index in [0.29, 0.717) is 6.54 Å². The van der Waals surface area contributed by atoms with E-state index in [0.717, 1.165) is 31.7 Å². The second-order valence-corrected chi connectivity index (χ2v) is 3.33. The zero-order valence-electron chi connectivity index (χ0n) is 8.95. The fraction of sp³-hybridized carbons (Fsp3) is 0.545. The maximum absolute atomic E-state index is 8.53. The molecule has 1 aromatic heterocycles. The van der Waals surface area contributed by atoms with Gasteiger partial charge in [-0.25, -0.2) is 0 Å². The molecule has 84 valence electrons. The van der Waals surface area contributed by atoms with Gasteiger partial charge in [-0.1, -0.05) is 6.07 Å². The minimum atomic E-state index is 0.210. The molecule has 0 radical (unpaired) electrons. The first-order valence-electron chi connectivity index (χ1n) is 5.35. The summed E-state index contributed by atoms with van der Waals surface area (Å²) in [6.45, 7) is 3.62. The second-order valence-electron chi connectivity index (χ2n) is 3.33. The lowest BCUT2D eigenvalue weighted by Crippen LogP contribution is -2.24. The average molecular weight is 209 g/mol. The van der Waals surface area contributed by atoms with Crippen LogP contribution in [0, 0.1) is 0 Å². The summed E-state index contributed by atoms with van der Waals surface area (Å²) in [5.74, 6) is 0. The van der Waals surface area contributed by atoms with Crippen molar-refractivity contribution in [2.24, 2.45) is 0 Å². The van der Waals surface area contributed by atoms with Gasteiger partial charge in [0.1, 0.15) is 0 Å². The first-order chi connectivity index (χ1) is 7.43. The average Bonchev–Trinajstić information content (AvgIpc) is 2.29. The van der Waals surface area contributed by atoms with E-state index in [1.165, 1.54) is 0 Å². The van der Waals surface area contributed by atoms with E-state index in [1.807, 2.05) is 18.2 Å². The number of hydrogen-bond donors (Lipinski definition) is 3. The molecule has 0 saturated heterocycles. The van der Waals surface area contributed by atoms with Gasteiger partial charge in [-0.05, 0) is 31.6 Å². The minimum Gasteiger partial charge on any atom is -0.395 e. The van der Waals surface area contributed by atoms with Crippen LogP contribution in [0.2, 0.25) is 0 Å². The van der Waals surface area contributed by atoms with Crippen molar-refractivity contribution in [2.45, 2.75) is 13.0 Å². The maximum Gasteiger partial charge on any atom is 0.0555 e. The highest BCUT2D eigenvalue weighted by molar-refractivity contribution is 5.02. The highest BCUT2D eigenvalue weighted by Gasteiger charge is 1.91. The number of hydrogen-bond acceptors (Lipinski definition) is 4. The fourth-order valence-electron chi connectivity index (χ4n) is 1.26. The molecule has 15 heavy (non-hydrogen) atoms. The zero-order chi connectivity index (χ0) is 10.8. The Morgan fingerprint density at radius 2 is 2.00 bits per heavy atom. The molecule has 0 bridgehead atoms. The maximum atomic E-state index is 8.53. The number of aromatic nitrogens is 1. The van der Waals surface area contributed by atoms with Crippen LogP contribution in [-0.4, -0.2) is 36.3 Å². The molecule has 0 aliphatic heterocycles. The molecular weight excluding hydrogens is 190 g/mol. The molecule has 1 heterocycles. The van der Waals surface area contributed by atoms with Crippen LogP contribution in [-0.2, 0) is 6.54 Å². The van der Waals surface area contributed by atoms with Gasteiger partial charge in [0.2, 0.25) is 0 Å². The molecule has 3 N–H and O–H groups in total. The van der Waals surface area contributed by atoms with Gasteiger partial charge >= 0.3 is 0 Å². The number of nitrogens with zero attached hydrogens (tertiary/aromatic N) is 1. The SMILES string of the molecule is OCCNCCCNCc1ccccn1. The first-order valence-corrected chi connectivity index (χ1v) is 5.35. The summed E-state index contributed by atoms with van der Waals surface area (Å²) < 4.78 is 0. The molecule has 0 aromatic carbocycles. The Labute approximate surface area is 90.7 Å². The summed E-state index contributed by atoms with van der Waals surface area (Å²) >= 11 is 0. The molecule has 0 saturated carbocycles. The van der Waals surface area contributed by atoms with Crippen molar-refractivity contribution in [1.29, 1.82) is 0 Å². The molecule has 0 aliphatic rings. The predicted molar refractivity (Wildman–Crippen MR) is 60.5 cm³/mol. The third kappa shape index (κ3) is 6.17. The van der Waals surface area contributed by atoms with Gasteiger partial charge in [-0.2, -0.15) is 0 Å². The standard InChI is InChI=1S/C11H19N3O/c15-9-8-12-5-3-6-13-10-11-4-1-2-7-14-11/h1-2,4,7,12-13,15H,3,5-6,8-10H2. The molecule has 1 aromatic rings. The van der Waals surface area contributed by atoms with E-state index >= 15 is 0 Å². The van der Waals surface area contributed by atoms with Crippen LogP contribution < -0.4 is 10.6 Å². The van der Waals surface area contributed by atoms with Crippen molar-refractivity contribution in [3.63, 3.8) is 0 Å². The Morgan fingerprint density at radius 3 is 2.73 bits per heavy atom. The van der Waals surface area contributed by atoms with Gasteiger partial charge in [0.25, 0.3) is 0 Å². The highest BCUT2D eigenvalue weighted by atomic mass is 16.3. The fourth-order valence-corrected chi connectivity index (χ4v) is 1.26. The van der Waals surface area contributed by atoms with E-state index in [4.69, 9.17) is 5.11 Å². The molecule has 0 fully saturated rings. The van der Waals surface area contributed by atoms with Crippen molar-refractivity contribution in [2.75, 3.05) is 26.2 Å². The summed E-state index contributed by atoms with van der Waals surface area (Å²) in [5.41, 5.74) is 1.07. The first kappa shape index (κ1) is 12.1. The molecule has 4 nitrogen and oxygen atoms in total. The largest absolute Gasteiger partial charge is 0.395 e. The monoisotopic (exact) mass is 209 g/mol. The Bertz CT molecular complexity index is 241. The van der Waals surface area contributed by atoms with Crippen LogP contribution in [0.4, 0.5) is 0 Å². The summed E-state index contributed by atoms with van der Waals surface area (Å²) in [6, 6.07) is 5.92.